The lowest BCUT2D eigenvalue weighted by atomic mass is 10.1. The molecule has 3 aromatic rings. The van der Waals surface area contributed by atoms with Crippen LogP contribution in [0.5, 0.6) is 11.5 Å². The first kappa shape index (κ1) is 21.2. The number of nitrogens with one attached hydrogen (secondary N) is 1. The SMILES string of the molecule is Cc1cc(Oc2ccc(NC(=O)c3c(F)cc(F)cc3F)cc2)c(C(F)(F)F)cn1. The van der Waals surface area contributed by atoms with E-state index in [1.54, 1.807) is 0 Å². The van der Waals surface area contributed by atoms with E-state index in [4.69, 9.17) is 4.74 Å². The maximum Gasteiger partial charge on any atom is 0.421 e. The third kappa shape index (κ3) is 4.70. The molecule has 0 aliphatic carbocycles. The molecule has 0 bridgehead atoms. The van der Waals surface area contributed by atoms with E-state index in [1.807, 2.05) is 0 Å². The maximum absolute atomic E-state index is 13.7. The number of hydrogen-bond donors (Lipinski definition) is 1. The molecule has 0 unspecified atom stereocenters. The van der Waals surface area contributed by atoms with Gasteiger partial charge in [0.2, 0.25) is 0 Å². The quantitative estimate of drug-likeness (QED) is 0.531. The van der Waals surface area contributed by atoms with E-state index < -0.39 is 46.4 Å². The van der Waals surface area contributed by atoms with Crippen LogP contribution in [-0.4, -0.2) is 10.9 Å². The third-order valence-corrected chi connectivity index (χ3v) is 3.88. The van der Waals surface area contributed by atoms with E-state index in [0.717, 1.165) is 6.07 Å². The molecule has 1 heterocycles. The van der Waals surface area contributed by atoms with Crippen molar-refractivity contribution in [1.29, 1.82) is 0 Å². The van der Waals surface area contributed by atoms with Crippen LogP contribution in [0.1, 0.15) is 21.6 Å². The van der Waals surface area contributed by atoms with Crippen molar-refractivity contribution in [2.45, 2.75) is 13.1 Å². The molecule has 3 rings (SSSR count). The molecule has 4 nitrogen and oxygen atoms in total. The Morgan fingerprint density at radius 2 is 1.60 bits per heavy atom. The summed E-state index contributed by atoms with van der Waals surface area (Å²) >= 11 is 0. The van der Waals surface area contributed by atoms with Crippen LogP contribution in [0.2, 0.25) is 0 Å². The highest BCUT2D eigenvalue weighted by atomic mass is 19.4. The lowest BCUT2D eigenvalue weighted by molar-refractivity contribution is -0.138. The maximum atomic E-state index is 13.7. The van der Waals surface area contributed by atoms with Gasteiger partial charge in [0, 0.05) is 35.8 Å². The number of anilines is 1. The first-order valence-corrected chi connectivity index (χ1v) is 8.32. The number of carbonyl (C=O) groups is 1. The monoisotopic (exact) mass is 426 g/mol. The van der Waals surface area contributed by atoms with Crippen LogP contribution in [0.25, 0.3) is 0 Å². The van der Waals surface area contributed by atoms with Crippen LogP contribution in [0.3, 0.4) is 0 Å². The summed E-state index contributed by atoms with van der Waals surface area (Å²) in [7, 11) is 0. The van der Waals surface area contributed by atoms with Gasteiger partial charge < -0.3 is 10.1 Å². The Balaban J connectivity index is 1.78. The van der Waals surface area contributed by atoms with Crippen molar-refractivity contribution >= 4 is 11.6 Å². The minimum Gasteiger partial charge on any atom is -0.457 e. The largest absolute Gasteiger partial charge is 0.457 e. The normalized spacial score (nSPS) is 11.3. The van der Waals surface area contributed by atoms with Crippen LogP contribution in [0.4, 0.5) is 32.0 Å². The second-order valence-corrected chi connectivity index (χ2v) is 6.14. The predicted octanol–water partition coefficient (Wildman–Crippen LogP) is 5.87. The fourth-order valence-electron chi connectivity index (χ4n) is 2.52. The highest BCUT2D eigenvalue weighted by molar-refractivity contribution is 6.04. The standard InChI is InChI=1S/C20H12F6N2O2/c1-10-6-17(14(9-27-10)20(24,25)26)30-13-4-2-12(3-5-13)28-19(29)18-15(22)7-11(21)8-16(18)23/h2-9H,1H3,(H,28,29). The summed E-state index contributed by atoms with van der Waals surface area (Å²) in [6.45, 7) is 1.50. The summed E-state index contributed by atoms with van der Waals surface area (Å²) in [6, 6.07) is 6.87. The van der Waals surface area contributed by atoms with Gasteiger partial charge in [0.05, 0.1) is 0 Å². The first-order chi connectivity index (χ1) is 14.0. The van der Waals surface area contributed by atoms with Gasteiger partial charge in [-0.3, -0.25) is 9.78 Å². The van der Waals surface area contributed by atoms with Gasteiger partial charge in [-0.2, -0.15) is 13.2 Å². The number of amides is 1. The molecule has 2 aromatic carbocycles. The van der Waals surface area contributed by atoms with Gasteiger partial charge in [0.15, 0.2) is 0 Å². The minimum absolute atomic E-state index is 0.0169. The Kier molecular flexibility index (Phi) is 5.68. The van der Waals surface area contributed by atoms with Crippen LogP contribution in [-0.2, 0) is 6.18 Å². The number of alkyl halides is 3. The first-order valence-electron chi connectivity index (χ1n) is 8.32. The van der Waals surface area contributed by atoms with E-state index in [-0.39, 0.29) is 11.4 Å². The van der Waals surface area contributed by atoms with Gasteiger partial charge in [-0.15, -0.1) is 0 Å². The van der Waals surface area contributed by atoms with Crippen molar-refractivity contribution in [3.8, 4) is 11.5 Å². The molecule has 0 aliphatic heterocycles. The number of ether oxygens (including phenoxy) is 1. The van der Waals surface area contributed by atoms with Crippen molar-refractivity contribution in [2.24, 2.45) is 0 Å². The molecule has 1 amide bonds. The number of pyridine rings is 1. The fraction of sp³-hybridized carbons (Fsp3) is 0.100. The molecule has 0 fully saturated rings. The Morgan fingerprint density at radius 3 is 2.17 bits per heavy atom. The number of aromatic nitrogens is 1. The van der Waals surface area contributed by atoms with Gasteiger partial charge in [-0.25, -0.2) is 13.2 Å². The summed E-state index contributed by atoms with van der Waals surface area (Å²) < 4.78 is 84.9. The topological polar surface area (TPSA) is 51.2 Å². The molecule has 0 aliphatic rings. The van der Waals surface area contributed by atoms with E-state index in [9.17, 15) is 31.1 Å². The second kappa shape index (κ2) is 8.05. The number of aryl methyl sites for hydroxylation is 1. The zero-order valence-electron chi connectivity index (χ0n) is 15.2. The van der Waals surface area contributed by atoms with Crippen LogP contribution >= 0.6 is 0 Å². The fourth-order valence-corrected chi connectivity index (χ4v) is 2.52. The molecule has 1 aromatic heterocycles. The summed E-state index contributed by atoms with van der Waals surface area (Å²) in [5.74, 6) is -5.53. The number of carbonyl (C=O) groups excluding carboxylic acids is 1. The summed E-state index contributed by atoms with van der Waals surface area (Å²) in [5, 5.41) is 2.21. The van der Waals surface area contributed by atoms with Crippen molar-refractivity contribution < 1.29 is 35.9 Å². The Hall–Kier alpha value is -3.56. The van der Waals surface area contributed by atoms with Crippen LogP contribution in [0, 0.1) is 24.4 Å². The van der Waals surface area contributed by atoms with Crippen LogP contribution < -0.4 is 10.1 Å². The predicted molar refractivity (Wildman–Crippen MR) is 94.8 cm³/mol. The molecule has 156 valence electrons. The average Bonchev–Trinajstić information content (AvgIpc) is 2.61. The Bertz CT molecular complexity index is 1070. The molecule has 0 saturated heterocycles. The van der Waals surface area contributed by atoms with E-state index in [1.165, 1.54) is 31.2 Å². The smallest absolute Gasteiger partial charge is 0.421 e. The third-order valence-electron chi connectivity index (χ3n) is 3.88. The number of benzene rings is 2. The molecular formula is C20H12F6N2O2. The zero-order chi connectivity index (χ0) is 22.1. The molecule has 0 saturated carbocycles. The zero-order valence-corrected chi connectivity index (χ0v) is 15.2. The Morgan fingerprint density at radius 1 is 1.00 bits per heavy atom. The molecule has 0 spiro atoms. The minimum atomic E-state index is -4.67. The summed E-state index contributed by atoms with van der Waals surface area (Å²) in [5.41, 5.74) is -1.64. The molecule has 10 heteroatoms. The molecule has 0 radical (unpaired) electrons. The van der Waals surface area contributed by atoms with Crippen molar-refractivity contribution in [3.05, 3.63) is 82.9 Å². The highest BCUT2D eigenvalue weighted by Gasteiger charge is 2.35. The van der Waals surface area contributed by atoms with Gasteiger partial charge >= 0.3 is 6.18 Å². The number of nitrogens with zero attached hydrogens (tertiary/aromatic N) is 1. The van der Waals surface area contributed by atoms with Gasteiger partial charge in [0.25, 0.3) is 5.91 Å². The van der Waals surface area contributed by atoms with E-state index in [0.29, 0.717) is 24.0 Å². The lowest BCUT2D eigenvalue weighted by Crippen LogP contribution is -2.16. The van der Waals surface area contributed by atoms with Crippen molar-refractivity contribution in [3.63, 3.8) is 0 Å². The van der Waals surface area contributed by atoms with E-state index in [2.05, 4.69) is 10.3 Å². The van der Waals surface area contributed by atoms with E-state index >= 15 is 0 Å². The molecule has 1 N–H and O–H groups in total. The van der Waals surface area contributed by atoms with Crippen LogP contribution in [0.15, 0.2) is 48.7 Å². The number of hydrogen-bond acceptors (Lipinski definition) is 3. The second-order valence-electron chi connectivity index (χ2n) is 6.14. The number of halogens is 6. The average molecular weight is 426 g/mol. The van der Waals surface area contributed by atoms with Gasteiger partial charge in [-0.1, -0.05) is 0 Å². The molecule has 0 atom stereocenters. The molecular weight excluding hydrogens is 414 g/mol. The van der Waals surface area contributed by atoms with Gasteiger partial charge in [-0.05, 0) is 31.2 Å². The number of rotatable bonds is 4. The highest BCUT2D eigenvalue weighted by Crippen LogP contribution is 2.38. The van der Waals surface area contributed by atoms with Crippen molar-refractivity contribution in [1.82, 2.24) is 4.98 Å². The lowest BCUT2D eigenvalue weighted by Gasteiger charge is -2.14. The molecule has 30 heavy (non-hydrogen) atoms. The Labute approximate surface area is 166 Å². The van der Waals surface area contributed by atoms with Crippen molar-refractivity contribution in [2.75, 3.05) is 5.32 Å². The van der Waals surface area contributed by atoms with Gasteiger partial charge in [0.1, 0.15) is 40.1 Å². The summed E-state index contributed by atoms with van der Waals surface area (Å²) in [6.07, 6.45) is -4.02. The summed E-state index contributed by atoms with van der Waals surface area (Å²) in [4.78, 5) is 15.7.